The monoisotopic (exact) mass is 509 g/mol. The van der Waals surface area contributed by atoms with E-state index in [1.165, 1.54) is 0 Å². The summed E-state index contributed by atoms with van der Waals surface area (Å²) in [4.78, 5) is 27.4. The van der Waals surface area contributed by atoms with Gasteiger partial charge in [0.2, 0.25) is 0 Å². The van der Waals surface area contributed by atoms with Gasteiger partial charge in [0, 0.05) is 46.6 Å². The van der Waals surface area contributed by atoms with Crippen LogP contribution in [0.5, 0.6) is 0 Å². The Bertz CT molecular complexity index is 1570. The van der Waals surface area contributed by atoms with Gasteiger partial charge in [0.25, 0.3) is 5.56 Å². The summed E-state index contributed by atoms with van der Waals surface area (Å²) in [6.07, 6.45) is 0. The van der Waals surface area contributed by atoms with Gasteiger partial charge in [-0.3, -0.25) is 9.36 Å². The van der Waals surface area contributed by atoms with E-state index < -0.39 is 0 Å². The van der Waals surface area contributed by atoms with Gasteiger partial charge in [-0.2, -0.15) is 0 Å². The fourth-order valence-corrected chi connectivity index (χ4v) is 4.34. The van der Waals surface area contributed by atoms with Crippen molar-refractivity contribution in [1.29, 1.82) is 0 Å². The molecule has 3 aromatic carbocycles. The summed E-state index contributed by atoms with van der Waals surface area (Å²) in [5, 5.41) is 1.49. The number of fused-ring (bicyclic) bond motifs is 1. The summed E-state index contributed by atoms with van der Waals surface area (Å²) in [5.74, 6) is 0.898. The summed E-state index contributed by atoms with van der Waals surface area (Å²) in [6, 6.07) is 20.2. The van der Waals surface area contributed by atoms with Gasteiger partial charge in [0.05, 0.1) is 5.02 Å². The van der Waals surface area contributed by atoms with Gasteiger partial charge in [-0.1, -0.05) is 34.8 Å². The smallest absolute Gasteiger partial charge is 0.279 e. The van der Waals surface area contributed by atoms with Crippen LogP contribution in [0.25, 0.3) is 39.6 Å². The van der Waals surface area contributed by atoms with Crippen molar-refractivity contribution in [3.63, 3.8) is 0 Å². The molecule has 0 aliphatic carbocycles. The molecular formula is C25H18Cl3N5O. The van der Waals surface area contributed by atoms with Crippen molar-refractivity contribution in [2.45, 2.75) is 0 Å². The molecule has 1 N–H and O–H groups in total. The number of nitrogens with one attached hydrogen (secondary N) is 1. The molecular weight excluding hydrogens is 493 g/mol. The molecule has 0 saturated carbocycles. The van der Waals surface area contributed by atoms with Crippen molar-refractivity contribution >= 4 is 51.7 Å². The summed E-state index contributed by atoms with van der Waals surface area (Å²) >= 11 is 18.6. The van der Waals surface area contributed by atoms with Crippen LogP contribution >= 0.6 is 34.8 Å². The second kappa shape index (κ2) is 8.80. The van der Waals surface area contributed by atoms with E-state index in [9.17, 15) is 4.79 Å². The summed E-state index contributed by atoms with van der Waals surface area (Å²) < 4.78 is 1.86. The highest BCUT2D eigenvalue weighted by molar-refractivity contribution is 6.36. The summed E-state index contributed by atoms with van der Waals surface area (Å²) in [7, 11) is 3.95. The highest BCUT2D eigenvalue weighted by Gasteiger charge is 2.20. The van der Waals surface area contributed by atoms with E-state index in [0.29, 0.717) is 37.9 Å². The standard InChI is InChI=1S/C25H18Cl3N5O/c1-32(2)17-8-10-18(11-9-17)33-23(14-3-5-15(26)6-4-14)29-21-24(33)30-22(31-25(21)34)19-12-7-16(27)13-20(19)28/h3-13H,1-2H3,(H,30,31,34). The fraction of sp³-hybridized carbons (Fsp3) is 0.0800. The molecule has 0 bridgehead atoms. The predicted molar refractivity (Wildman–Crippen MR) is 140 cm³/mol. The molecule has 0 amide bonds. The maximum Gasteiger partial charge on any atom is 0.279 e. The zero-order chi connectivity index (χ0) is 24.0. The van der Waals surface area contributed by atoms with Crippen LogP contribution in [-0.2, 0) is 0 Å². The third-order valence-electron chi connectivity index (χ3n) is 5.43. The number of imidazole rings is 1. The lowest BCUT2D eigenvalue weighted by Crippen LogP contribution is -2.11. The molecule has 0 aliphatic rings. The molecule has 34 heavy (non-hydrogen) atoms. The van der Waals surface area contributed by atoms with E-state index in [4.69, 9.17) is 39.8 Å². The minimum absolute atomic E-state index is 0.218. The lowest BCUT2D eigenvalue weighted by molar-refractivity contribution is 1.06. The number of halogens is 3. The fourth-order valence-electron chi connectivity index (χ4n) is 3.71. The van der Waals surface area contributed by atoms with E-state index in [2.05, 4.69) is 9.97 Å². The molecule has 0 aliphatic heterocycles. The van der Waals surface area contributed by atoms with Crippen molar-refractivity contribution in [1.82, 2.24) is 19.5 Å². The average Bonchev–Trinajstić information content (AvgIpc) is 3.19. The Balaban J connectivity index is 1.81. The first kappa shape index (κ1) is 22.5. The zero-order valence-corrected chi connectivity index (χ0v) is 20.4. The Hall–Kier alpha value is -3.32. The summed E-state index contributed by atoms with van der Waals surface area (Å²) in [5.41, 5.74) is 3.47. The van der Waals surface area contributed by atoms with E-state index >= 15 is 0 Å². The minimum atomic E-state index is -0.370. The highest BCUT2D eigenvalue weighted by atomic mass is 35.5. The predicted octanol–water partition coefficient (Wildman–Crippen LogP) is 6.47. The normalized spacial score (nSPS) is 11.2. The number of rotatable bonds is 4. The van der Waals surface area contributed by atoms with E-state index in [-0.39, 0.29) is 11.1 Å². The van der Waals surface area contributed by atoms with Crippen molar-refractivity contribution in [2.24, 2.45) is 0 Å². The number of aromatic amines is 1. The van der Waals surface area contributed by atoms with Gasteiger partial charge in [0.1, 0.15) is 11.6 Å². The molecule has 0 saturated heterocycles. The molecule has 6 nitrogen and oxygen atoms in total. The van der Waals surface area contributed by atoms with Crippen LogP contribution in [0.4, 0.5) is 5.69 Å². The molecule has 170 valence electrons. The van der Waals surface area contributed by atoms with Crippen molar-refractivity contribution < 1.29 is 0 Å². The van der Waals surface area contributed by atoms with Gasteiger partial charge in [-0.25, -0.2) is 9.97 Å². The Morgan fingerprint density at radius 3 is 2.18 bits per heavy atom. The van der Waals surface area contributed by atoms with Gasteiger partial charge in [0.15, 0.2) is 11.2 Å². The number of benzene rings is 3. The lowest BCUT2D eigenvalue weighted by atomic mass is 10.2. The van der Waals surface area contributed by atoms with Crippen LogP contribution in [0.1, 0.15) is 0 Å². The maximum atomic E-state index is 13.1. The maximum absolute atomic E-state index is 13.1. The van der Waals surface area contributed by atoms with Gasteiger partial charge in [-0.05, 0) is 66.7 Å². The van der Waals surface area contributed by atoms with Crippen molar-refractivity contribution in [3.05, 3.63) is 92.2 Å². The number of H-pyrrole nitrogens is 1. The molecule has 5 rings (SSSR count). The van der Waals surface area contributed by atoms with Crippen LogP contribution < -0.4 is 10.5 Å². The SMILES string of the molecule is CN(C)c1ccc(-n2c(-c3ccc(Cl)cc3)nc3c(=O)[nH]c(-c4ccc(Cl)cc4Cl)nc32)cc1. The number of aromatic nitrogens is 4. The molecule has 0 atom stereocenters. The van der Waals surface area contributed by atoms with E-state index in [0.717, 1.165) is 16.9 Å². The molecule has 2 aromatic heterocycles. The second-order valence-electron chi connectivity index (χ2n) is 7.90. The molecule has 9 heteroatoms. The first-order chi connectivity index (χ1) is 16.3. The van der Waals surface area contributed by atoms with Gasteiger partial charge < -0.3 is 9.88 Å². The van der Waals surface area contributed by atoms with Crippen molar-refractivity contribution in [3.8, 4) is 28.5 Å². The highest BCUT2D eigenvalue weighted by Crippen LogP contribution is 2.31. The third kappa shape index (κ3) is 4.05. The lowest BCUT2D eigenvalue weighted by Gasteiger charge is -2.14. The molecule has 5 aromatic rings. The van der Waals surface area contributed by atoms with Crippen LogP contribution in [0.3, 0.4) is 0 Å². The Morgan fingerprint density at radius 2 is 1.53 bits per heavy atom. The Morgan fingerprint density at radius 1 is 0.853 bits per heavy atom. The number of nitrogens with zero attached hydrogens (tertiary/aromatic N) is 4. The minimum Gasteiger partial charge on any atom is -0.378 e. The van der Waals surface area contributed by atoms with Crippen molar-refractivity contribution in [2.75, 3.05) is 19.0 Å². The molecule has 2 heterocycles. The summed E-state index contributed by atoms with van der Waals surface area (Å²) in [6.45, 7) is 0. The molecule has 0 spiro atoms. The number of hydrogen-bond donors (Lipinski definition) is 1. The molecule has 0 fully saturated rings. The van der Waals surface area contributed by atoms with Crippen LogP contribution in [0.15, 0.2) is 71.5 Å². The van der Waals surface area contributed by atoms with E-state index in [1.54, 1.807) is 30.3 Å². The van der Waals surface area contributed by atoms with Crippen LogP contribution in [-0.4, -0.2) is 33.6 Å². The zero-order valence-electron chi connectivity index (χ0n) is 18.2. The molecule has 0 unspecified atom stereocenters. The van der Waals surface area contributed by atoms with Crippen LogP contribution in [0.2, 0.25) is 15.1 Å². The van der Waals surface area contributed by atoms with Gasteiger partial charge >= 0.3 is 0 Å². The van der Waals surface area contributed by atoms with E-state index in [1.807, 2.05) is 60.0 Å². The first-order valence-electron chi connectivity index (χ1n) is 10.3. The average molecular weight is 511 g/mol. The van der Waals surface area contributed by atoms with Gasteiger partial charge in [-0.15, -0.1) is 0 Å². The number of anilines is 1. The molecule has 0 radical (unpaired) electrons. The quantitative estimate of drug-likeness (QED) is 0.301. The van der Waals surface area contributed by atoms with Crippen LogP contribution in [0, 0.1) is 0 Å². The second-order valence-corrected chi connectivity index (χ2v) is 9.18. The largest absolute Gasteiger partial charge is 0.378 e. The topological polar surface area (TPSA) is 66.8 Å². The third-order valence-corrected chi connectivity index (χ3v) is 6.23. The number of hydrogen-bond acceptors (Lipinski definition) is 4. The first-order valence-corrected chi connectivity index (χ1v) is 11.5. The Kier molecular flexibility index (Phi) is 5.81. The Labute approximate surface area is 210 Å².